The Labute approximate surface area is 775 Å². The van der Waals surface area contributed by atoms with E-state index in [9.17, 15) is 43.2 Å². The fourth-order valence-electron chi connectivity index (χ4n) is 14.8. The molecule has 0 aliphatic heterocycles. The Morgan fingerprint density at radius 3 is 0.961 bits per heavy atom. The molecule has 0 aromatic heterocycles. The summed E-state index contributed by atoms with van der Waals surface area (Å²) in [6.07, 6.45) is 39.7. The first-order chi connectivity index (χ1) is 61.5. The Morgan fingerprint density at radius 2 is 0.602 bits per heavy atom. The molecule has 4 atom stereocenters. The zero-order valence-corrected chi connectivity index (χ0v) is 82.7. The lowest BCUT2D eigenvalue weighted by molar-refractivity contribution is -0.144. The van der Waals surface area contributed by atoms with Gasteiger partial charge in [-0.2, -0.15) is 0 Å². The lowest BCUT2D eigenvalue weighted by Crippen LogP contribution is -2.44. The molecule has 0 saturated carbocycles. The Morgan fingerprint density at radius 1 is 0.312 bits per heavy atom. The molecule has 738 valence electrons. The fraction of sp³-hybridized carbons (Fsp3) is 0.778. The van der Waals surface area contributed by atoms with Crippen LogP contribution in [0.25, 0.3) is 0 Å². The summed E-state index contributed by atoms with van der Waals surface area (Å²) in [5.41, 5.74) is 7.53. The molecule has 0 aliphatic rings. The van der Waals surface area contributed by atoms with Gasteiger partial charge >= 0.3 is 11.9 Å². The van der Waals surface area contributed by atoms with Gasteiger partial charge in [0.1, 0.15) is 30.6 Å². The van der Waals surface area contributed by atoms with Crippen molar-refractivity contribution in [3.05, 3.63) is 72.9 Å². The number of rotatable bonds is 88. The van der Waals surface area contributed by atoms with Crippen LogP contribution in [-0.2, 0) is 57.4 Å². The van der Waals surface area contributed by atoms with Crippen LogP contribution < -0.4 is 70.0 Å². The molecule has 0 fully saturated rings. The smallest absolute Gasteiger partial charge is 0.307 e. The number of nitrogens with zero attached hydrogens (tertiary/aromatic N) is 4. The summed E-state index contributed by atoms with van der Waals surface area (Å²) < 4.78 is 11.4. The minimum atomic E-state index is -1.37. The maximum absolute atomic E-state index is 15.5. The second-order valence-electron chi connectivity index (χ2n) is 35.6. The second-order valence-corrected chi connectivity index (χ2v) is 35.6. The zero-order chi connectivity index (χ0) is 95.2. The van der Waals surface area contributed by atoms with Crippen LogP contribution in [0.4, 0.5) is 0 Å². The van der Waals surface area contributed by atoms with Gasteiger partial charge in [-0.1, -0.05) is 176 Å². The summed E-state index contributed by atoms with van der Waals surface area (Å²) in [7, 11) is 0. The number of hydrogen-bond acceptors (Lipinski definition) is 24. The number of carbonyl (C=O) groups excluding carboxylic acids is 10. The molecular weight excluding hydrogens is 1620 g/mol. The highest BCUT2D eigenvalue weighted by atomic mass is 16.5. The van der Waals surface area contributed by atoms with Crippen LogP contribution in [0, 0.1) is 39.9 Å². The van der Waals surface area contributed by atoms with Crippen molar-refractivity contribution in [2.75, 3.05) is 216 Å². The van der Waals surface area contributed by atoms with E-state index in [0.29, 0.717) is 138 Å². The number of esters is 2. The number of ether oxygens (including phenoxy) is 2. The van der Waals surface area contributed by atoms with Crippen LogP contribution in [0.2, 0.25) is 0 Å². The molecule has 4 unspecified atom stereocenters. The normalized spacial score (nSPS) is 13.3. The molecule has 5 amide bonds. The molecule has 29 nitrogen and oxygen atoms in total. The third kappa shape index (κ3) is 65.8. The monoisotopic (exact) mass is 1800 g/mol. The van der Waals surface area contributed by atoms with E-state index in [-0.39, 0.29) is 112 Å². The van der Waals surface area contributed by atoms with Gasteiger partial charge in [-0.15, -0.1) is 0 Å². The van der Waals surface area contributed by atoms with Gasteiger partial charge in [0.25, 0.3) is 0 Å². The van der Waals surface area contributed by atoms with Crippen molar-refractivity contribution in [3.8, 4) is 0 Å². The minimum Gasteiger partial charge on any atom is -0.464 e. The second kappa shape index (κ2) is 80.0. The number of hydrogen-bond donors (Lipinski definition) is 13. The number of nitrogens with one attached hydrogen (secondary N) is 11. The van der Waals surface area contributed by atoms with Crippen molar-refractivity contribution in [2.45, 2.75) is 245 Å². The number of unbranched alkanes of at least 4 members (excludes halogenated alkanes) is 1. The van der Waals surface area contributed by atoms with E-state index >= 15 is 4.79 Å². The quantitative estimate of drug-likeness (QED) is 0.0153. The topological polar surface area (TPSA) is 386 Å². The molecule has 0 saturated heterocycles. The van der Waals surface area contributed by atoms with E-state index in [1.54, 1.807) is 48.5 Å². The van der Waals surface area contributed by atoms with Crippen molar-refractivity contribution < 1.29 is 57.4 Å². The van der Waals surface area contributed by atoms with E-state index in [2.05, 4.69) is 193 Å². The van der Waals surface area contributed by atoms with Crippen LogP contribution in [0.5, 0.6) is 0 Å². The van der Waals surface area contributed by atoms with Crippen molar-refractivity contribution >= 4 is 58.8 Å². The van der Waals surface area contributed by atoms with Crippen molar-refractivity contribution in [1.29, 1.82) is 0 Å². The standard InChI is InChI=1S/C99H185N17O12/c1-15-22-29-35-62-113(63-36-30-23-16-2)68-70-115(66-39-33-26-19-5)72-74-127-91(121)41-46-102-50-52-106-55-59-108-89(119)78-84(93(123)99(13,14)82-85(95(125)112-61-56-105-49-44-101)77-88(118)98(11,12)81-86(96(126)110-45-28-21-7)79-90(120)109-58-54-104-48-43-100)80-97(9,10)87(117)76-83(8)94(124)111-60-57-107-53-51-103-47-42-92(122)128-75-73-116(67-40-34-27-20-6)71-69-114(64-37-31-24-17-3)65-38-32-25-18-4/h22-27,29-34,83-86,102-107H,15-21,28,35-82,100-101H2,1-14H3,(H,108,119)(H,109,120)(H,110,126)(H,111,124)(H,112,125)/b29-22-,30-23-,31-24-,32-25-,33-26-,34-27-. The third-order valence-electron chi connectivity index (χ3n) is 22.6. The average Bonchev–Trinajstić information content (AvgIpc) is 0.804. The highest BCUT2D eigenvalue weighted by Gasteiger charge is 2.44. The summed E-state index contributed by atoms with van der Waals surface area (Å²) in [6.45, 7) is 46.3. The van der Waals surface area contributed by atoms with Crippen LogP contribution in [-0.4, -0.2) is 295 Å². The molecule has 0 aromatic carbocycles. The van der Waals surface area contributed by atoms with Gasteiger partial charge in [0, 0.05) is 268 Å². The molecule has 0 rings (SSSR count). The van der Waals surface area contributed by atoms with Crippen LogP contribution in [0.3, 0.4) is 0 Å². The van der Waals surface area contributed by atoms with Crippen LogP contribution in [0.1, 0.15) is 245 Å². The fourth-order valence-corrected chi connectivity index (χ4v) is 14.8. The summed E-state index contributed by atoms with van der Waals surface area (Å²) in [6, 6.07) is 0. The first-order valence-corrected chi connectivity index (χ1v) is 49.3. The van der Waals surface area contributed by atoms with Gasteiger partial charge in [0.2, 0.25) is 29.5 Å². The van der Waals surface area contributed by atoms with Gasteiger partial charge in [0.05, 0.1) is 12.8 Å². The zero-order valence-electron chi connectivity index (χ0n) is 82.7. The van der Waals surface area contributed by atoms with Gasteiger partial charge in [-0.25, -0.2) is 0 Å². The third-order valence-corrected chi connectivity index (χ3v) is 22.6. The molecule has 0 aliphatic carbocycles. The van der Waals surface area contributed by atoms with E-state index in [4.69, 9.17) is 20.9 Å². The number of carbonyl (C=O) groups is 10. The molecule has 0 spiro atoms. The Balaban J connectivity index is 6.41. The molecule has 0 heterocycles. The summed E-state index contributed by atoms with van der Waals surface area (Å²) >= 11 is 0. The first-order valence-electron chi connectivity index (χ1n) is 49.3. The van der Waals surface area contributed by atoms with Crippen LogP contribution in [0.15, 0.2) is 72.9 Å². The number of allylic oxidation sites excluding steroid dienone is 6. The Hall–Kier alpha value is -6.74. The lowest BCUT2D eigenvalue weighted by atomic mass is 9.67. The molecule has 0 bridgehead atoms. The van der Waals surface area contributed by atoms with E-state index < -0.39 is 57.5 Å². The van der Waals surface area contributed by atoms with Gasteiger partial charge in [0.15, 0.2) is 0 Å². The summed E-state index contributed by atoms with van der Waals surface area (Å²) in [4.78, 5) is 150. The maximum atomic E-state index is 15.5. The van der Waals surface area contributed by atoms with Gasteiger partial charge in [-0.3, -0.25) is 57.7 Å². The summed E-state index contributed by atoms with van der Waals surface area (Å²) in [5, 5.41) is 34.2. The molecule has 15 N–H and O–H groups in total. The molecule has 128 heavy (non-hydrogen) atoms. The maximum Gasteiger partial charge on any atom is 0.307 e. The molecule has 0 radical (unpaired) electrons. The highest BCUT2D eigenvalue weighted by molar-refractivity contribution is 5.95. The van der Waals surface area contributed by atoms with Crippen molar-refractivity contribution in [1.82, 2.24) is 78.1 Å². The van der Waals surface area contributed by atoms with Crippen molar-refractivity contribution in [3.63, 3.8) is 0 Å². The molecule has 29 heteroatoms. The number of amides is 5. The number of nitrogens with two attached hydrogens (primary N) is 2. The first kappa shape index (κ1) is 121. The number of ketones is 3. The average molecular weight is 1810 g/mol. The Kier molecular flexibility index (Phi) is 75.7. The van der Waals surface area contributed by atoms with Gasteiger partial charge < -0.3 is 89.2 Å². The predicted molar refractivity (Wildman–Crippen MR) is 525 cm³/mol. The molecular formula is C99H185N17O12. The van der Waals surface area contributed by atoms with E-state index in [0.717, 1.165) is 155 Å². The predicted octanol–water partition coefficient (Wildman–Crippen LogP) is 9.04. The van der Waals surface area contributed by atoms with E-state index in [1.165, 1.54) is 0 Å². The minimum absolute atomic E-state index is 0.00587. The Bertz CT molecular complexity index is 3090. The van der Waals surface area contributed by atoms with Gasteiger partial charge in [-0.05, 0) is 103 Å². The SMILES string of the molecule is CC/C=C\CCN(CC/C=C\CC)CCN(CC/C=C\CC)CCOC(=O)CCNCCNCCNC(=O)CC(CC(C)(C)C(=O)CC(C)C(=O)NCCNCCNCCC(=O)OCCN(CC/C=C\CC)CCN(CC/C=C\CC)CC/C=C\CC)C(=O)C(C)(C)CC(CC(=O)C(C)(C)CC(CC(=O)NCCNCCN)C(=O)NCCCC)C(=O)NCCNCCN. The van der Waals surface area contributed by atoms with Crippen molar-refractivity contribution in [2.24, 2.45) is 51.4 Å². The largest absolute Gasteiger partial charge is 0.464 e. The lowest BCUT2D eigenvalue weighted by Gasteiger charge is -2.35. The number of Topliss-reactive ketones (excluding diaryl/α,β-unsaturated/α-hetero) is 3. The highest BCUT2D eigenvalue weighted by Crippen LogP contribution is 2.40. The van der Waals surface area contributed by atoms with E-state index in [1.807, 2.05) is 6.92 Å². The summed E-state index contributed by atoms with van der Waals surface area (Å²) in [5.74, 6) is -7.25. The molecule has 0 aromatic rings. The van der Waals surface area contributed by atoms with Crippen LogP contribution >= 0.6 is 0 Å².